The molecule has 0 aliphatic heterocycles. The van der Waals surface area contributed by atoms with Crippen molar-refractivity contribution in [2.45, 2.75) is 18.2 Å². The fourth-order valence-electron chi connectivity index (χ4n) is 1.62. The molecular formula is C12H15BrCl2N2O3S. The van der Waals surface area contributed by atoms with Crippen LogP contribution in [0, 0.1) is 0 Å². The SMILES string of the molecule is CC(=O)NCCCN(C)S(=O)(=O)c1c(Cl)cc(Br)cc1Cl. The zero-order valence-electron chi connectivity index (χ0n) is 11.5. The Labute approximate surface area is 142 Å². The van der Waals surface area contributed by atoms with Gasteiger partial charge < -0.3 is 5.32 Å². The molecule has 5 nitrogen and oxygen atoms in total. The minimum absolute atomic E-state index is 0.0584. The Morgan fingerprint density at radius 1 is 1.33 bits per heavy atom. The first-order valence-electron chi connectivity index (χ1n) is 6.01. The number of nitrogens with zero attached hydrogens (tertiary/aromatic N) is 1. The Hall–Kier alpha value is -0.340. The second-order valence-corrected chi connectivity index (χ2v) is 8.07. The van der Waals surface area contributed by atoms with Crippen molar-refractivity contribution >= 4 is 55.1 Å². The normalized spacial score (nSPS) is 11.7. The summed E-state index contributed by atoms with van der Waals surface area (Å²) in [4.78, 5) is 10.6. The largest absolute Gasteiger partial charge is 0.356 e. The highest BCUT2D eigenvalue weighted by molar-refractivity contribution is 9.10. The third-order valence-electron chi connectivity index (χ3n) is 2.66. The van der Waals surface area contributed by atoms with Crippen molar-refractivity contribution in [1.82, 2.24) is 9.62 Å². The van der Waals surface area contributed by atoms with Crippen LogP contribution in [0.15, 0.2) is 21.5 Å². The van der Waals surface area contributed by atoms with E-state index in [0.29, 0.717) is 17.4 Å². The number of halogens is 3. The monoisotopic (exact) mass is 416 g/mol. The number of sulfonamides is 1. The third kappa shape index (κ3) is 5.10. The van der Waals surface area contributed by atoms with Crippen molar-refractivity contribution in [2.24, 2.45) is 0 Å². The van der Waals surface area contributed by atoms with E-state index < -0.39 is 10.0 Å². The van der Waals surface area contributed by atoms with Gasteiger partial charge in [0.05, 0.1) is 10.0 Å². The first kappa shape index (κ1) is 18.7. The van der Waals surface area contributed by atoms with Gasteiger partial charge in [0, 0.05) is 31.5 Å². The summed E-state index contributed by atoms with van der Waals surface area (Å²) in [6, 6.07) is 2.96. The van der Waals surface area contributed by atoms with Crippen molar-refractivity contribution < 1.29 is 13.2 Å². The fourth-order valence-corrected chi connectivity index (χ4v) is 4.70. The standard InChI is InChI=1S/C12H15BrCl2N2O3S/c1-8(18)16-4-3-5-17(2)21(19,20)12-10(14)6-9(13)7-11(12)15/h6-7H,3-5H2,1-2H3,(H,16,18). The fraction of sp³-hybridized carbons (Fsp3) is 0.417. The van der Waals surface area contributed by atoms with Crippen LogP contribution in [-0.4, -0.2) is 38.8 Å². The van der Waals surface area contributed by atoms with Gasteiger partial charge in [-0.15, -0.1) is 0 Å². The number of benzene rings is 1. The smallest absolute Gasteiger partial charge is 0.245 e. The first-order chi connectivity index (χ1) is 9.66. The lowest BCUT2D eigenvalue weighted by Gasteiger charge is -2.19. The van der Waals surface area contributed by atoms with Gasteiger partial charge in [-0.05, 0) is 18.6 Å². The Morgan fingerprint density at radius 2 is 1.86 bits per heavy atom. The van der Waals surface area contributed by atoms with E-state index in [4.69, 9.17) is 23.2 Å². The summed E-state index contributed by atoms with van der Waals surface area (Å²) in [6.07, 6.45) is 0.487. The van der Waals surface area contributed by atoms with Crippen LogP contribution in [0.25, 0.3) is 0 Å². The maximum Gasteiger partial charge on any atom is 0.245 e. The van der Waals surface area contributed by atoms with Crippen molar-refractivity contribution in [3.05, 3.63) is 26.7 Å². The molecule has 9 heteroatoms. The average molecular weight is 418 g/mol. The van der Waals surface area contributed by atoms with Crippen LogP contribution in [0.4, 0.5) is 0 Å². The molecule has 0 aromatic heterocycles. The Bertz CT molecular complexity index is 614. The van der Waals surface area contributed by atoms with Crippen LogP contribution in [-0.2, 0) is 14.8 Å². The summed E-state index contributed by atoms with van der Waals surface area (Å²) in [6.45, 7) is 2.05. The zero-order valence-corrected chi connectivity index (χ0v) is 15.4. The Kier molecular flexibility index (Phi) is 6.93. The number of amides is 1. The van der Waals surface area contributed by atoms with E-state index in [0.717, 1.165) is 4.31 Å². The van der Waals surface area contributed by atoms with Crippen molar-refractivity contribution in [1.29, 1.82) is 0 Å². The van der Waals surface area contributed by atoms with E-state index in [2.05, 4.69) is 21.2 Å². The number of hydrogen-bond acceptors (Lipinski definition) is 3. The van der Waals surface area contributed by atoms with E-state index in [1.165, 1.54) is 26.1 Å². The van der Waals surface area contributed by atoms with Gasteiger partial charge in [-0.2, -0.15) is 0 Å². The van der Waals surface area contributed by atoms with Crippen molar-refractivity contribution in [3.63, 3.8) is 0 Å². The van der Waals surface area contributed by atoms with Crippen LogP contribution in [0.1, 0.15) is 13.3 Å². The van der Waals surface area contributed by atoms with Gasteiger partial charge in [0.2, 0.25) is 15.9 Å². The highest BCUT2D eigenvalue weighted by atomic mass is 79.9. The van der Waals surface area contributed by atoms with Crippen LogP contribution in [0.2, 0.25) is 10.0 Å². The molecule has 0 bridgehead atoms. The molecule has 0 saturated carbocycles. The number of carbonyl (C=O) groups is 1. The average Bonchev–Trinajstić information content (AvgIpc) is 2.32. The van der Waals surface area contributed by atoms with Gasteiger partial charge in [-0.25, -0.2) is 12.7 Å². The molecule has 118 valence electrons. The lowest BCUT2D eigenvalue weighted by molar-refractivity contribution is -0.118. The predicted molar refractivity (Wildman–Crippen MR) is 87.3 cm³/mol. The molecule has 1 aromatic carbocycles. The van der Waals surface area contributed by atoms with Crippen molar-refractivity contribution in [2.75, 3.05) is 20.1 Å². The third-order valence-corrected chi connectivity index (χ3v) is 5.89. The molecule has 0 heterocycles. The molecular weight excluding hydrogens is 403 g/mol. The molecule has 0 unspecified atom stereocenters. The molecule has 1 N–H and O–H groups in total. The Balaban J connectivity index is 2.88. The summed E-state index contributed by atoms with van der Waals surface area (Å²) in [7, 11) is -2.34. The van der Waals surface area contributed by atoms with Gasteiger partial charge in [0.1, 0.15) is 4.90 Å². The van der Waals surface area contributed by atoms with E-state index in [1.807, 2.05) is 0 Å². The molecule has 0 atom stereocenters. The Morgan fingerprint density at radius 3 is 2.33 bits per heavy atom. The minimum Gasteiger partial charge on any atom is -0.356 e. The van der Waals surface area contributed by atoms with Crippen LogP contribution in [0.5, 0.6) is 0 Å². The maximum absolute atomic E-state index is 12.5. The minimum atomic E-state index is -3.78. The predicted octanol–water partition coefficient (Wildman–Crippen LogP) is 2.90. The van der Waals surface area contributed by atoms with E-state index in [1.54, 1.807) is 0 Å². The van der Waals surface area contributed by atoms with E-state index in [-0.39, 0.29) is 27.4 Å². The molecule has 0 aliphatic rings. The molecule has 0 saturated heterocycles. The highest BCUT2D eigenvalue weighted by Gasteiger charge is 2.26. The van der Waals surface area contributed by atoms with Crippen LogP contribution < -0.4 is 5.32 Å². The number of hydrogen-bond donors (Lipinski definition) is 1. The molecule has 0 aliphatic carbocycles. The molecule has 0 radical (unpaired) electrons. The lowest BCUT2D eigenvalue weighted by atomic mass is 10.4. The molecule has 0 spiro atoms. The molecule has 1 aromatic rings. The molecule has 1 amide bonds. The quantitative estimate of drug-likeness (QED) is 0.723. The number of nitrogens with one attached hydrogen (secondary N) is 1. The molecule has 1 rings (SSSR count). The first-order valence-corrected chi connectivity index (χ1v) is 9.00. The van der Waals surface area contributed by atoms with E-state index in [9.17, 15) is 13.2 Å². The van der Waals surface area contributed by atoms with Gasteiger partial charge in [0.15, 0.2) is 0 Å². The topological polar surface area (TPSA) is 66.5 Å². The highest BCUT2D eigenvalue weighted by Crippen LogP contribution is 2.34. The molecule has 0 fully saturated rings. The maximum atomic E-state index is 12.5. The molecule has 21 heavy (non-hydrogen) atoms. The van der Waals surface area contributed by atoms with Gasteiger partial charge in [-0.1, -0.05) is 39.1 Å². The van der Waals surface area contributed by atoms with E-state index >= 15 is 0 Å². The summed E-state index contributed by atoms with van der Waals surface area (Å²) in [5.41, 5.74) is 0. The van der Waals surface area contributed by atoms with Gasteiger partial charge >= 0.3 is 0 Å². The zero-order chi connectivity index (χ0) is 16.2. The van der Waals surface area contributed by atoms with Crippen LogP contribution in [0.3, 0.4) is 0 Å². The number of carbonyl (C=O) groups excluding carboxylic acids is 1. The van der Waals surface area contributed by atoms with Gasteiger partial charge in [0.25, 0.3) is 0 Å². The second kappa shape index (κ2) is 7.78. The summed E-state index contributed by atoms with van der Waals surface area (Å²) < 4.78 is 26.7. The van der Waals surface area contributed by atoms with Gasteiger partial charge in [-0.3, -0.25) is 4.79 Å². The summed E-state index contributed by atoms with van der Waals surface area (Å²) in [5.74, 6) is -0.153. The summed E-state index contributed by atoms with van der Waals surface area (Å²) in [5, 5.41) is 2.72. The summed E-state index contributed by atoms with van der Waals surface area (Å²) >= 11 is 15.2. The van der Waals surface area contributed by atoms with Crippen molar-refractivity contribution in [3.8, 4) is 0 Å². The lowest BCUT2D eigenvalue weighted by Crippen LogP contribution is -2.31. The van der Waals surface area contributed by atoms with Crippen LogP contribution >= 0.6 is 39.1 Å². The number of rotatable bonds is 6. The second-order valence-electron chi connectivity index (χ2n) is 4.36.